The van der Waals surface area contributed by atoms with E-state index < -0.39 is 0 Å². The van der Waals surface area contributed by atoms with Gasteiger partial charge in [0.2, 0.25) is 0 Å². The van der Waals surface area contributed by atoms with E-state index in [9.17, 15) is 0 Å². The third-order valence-electron chi connectivity index (χ3n) is 2.84. The topological polar surface area (TPSA) is 30.5 Å². The van der Waals surface area contributed by atoms with E-state index in [0.717, 1.165) is 35.6 Å². The standard InChI is InChI=1S/C15H23NO2/c1-6-9-16-15(11(2)3)13-8-7-12(17-4)10-14(13)18-5/h7-8,10,15-16H,2,6,9H2,1,3-5H3. The van der Waals surface area contributed by atoms with Gasteiger partial charge in [-0.2, -0.15) is 0 Å². The number of hydrogen-bond acceptors (Lipinski definition) is 3. The maximum Gasteiger partial charge on any atom is 0.127 e. The molecule has 1 rings (SSSR count). The predicted octanol–water partition coefficient (Wildman–Crippen LogP) is 3.32. The molecule has 0 spiro atoms. The lowest BCUT2D eigenvalue weighted by Gasteiger charge is -2.22. The fraction of sp³-hybridized carbons (Fsp3) is 0.467. The molecule has 0 bridgehead atoms. The van der Waals surface area contributed by atoms with Crippen molar-refractivity contribution in [1.82, 2.24) is 5.32 Å². The van der Waals surface area contributed by atoms with Crippen molar-refractivity contribution < 1.29 is 9.47 Å². The monoisotopic (exact) mass is 249 g/mol. The Labute approximate surface area is 110 Å². The number of rotatable bonds is 7. The Morgan fingerprint density at radius 1 is 1.33 bits per heavy atom. The predicted molar refractivity (Wildman–Crippen MR) is 75.4 cm³/mol. The summed E-state index contributed by atoms with van der Waals surface area (Å²) >= 11 is 0. The summed E-state index contributed by atoms with van der Waals surface area (Å²) in [6.45, 7) is 9.18. The zero-order valence-electron chi connectivity index (χ0n) is 11.7. The van der Waals surface area contributed by atoms with Crippen molar-refractivity contribution in [3.63, 3.8) is 0 Å². The minimum atomic E-state index is 0.116. The molecule has 0 radical (unpaired) electrons. The van der Waals surface area contributed by atoms with Crippen LogP contribution in [-0.2, 0) is 0 Å². The molecule has 0 saturated heterocycles. The van der Waals surface area contributed by atoms with E-state index in [2.05, 4.69) is 18.8 Å². The van der Waals surface area contributed by atoms with Gasteiger partial charge in [-0.25, -0.2) is 0 Å². The highest BCUT2D eigenvalue weighted by molar-refractivity contribution is 5.44. The molecular formula is C15H23NO2. The summed E-state index contributed by atoms with van der Waals surface area (Å²) < 4.78 is 10.6. The van der Waals surface area contributed by atoms with E-state index >= 15 is 0 Å². The van der Waals surface area contributed by atoms with Crippen LogP contribution in [0.1, 0.15) is 31.9 Å². The van der Waals surface area contributed by atoms with Gasteiger partial charge in [0, 0.05) is 11.6 Å². The highest BCUT2D eigenvalue weighted by atomic mass is 16.5. The Balaban J connectivity index is 3.06. The van der Waals surface area contributed by atoms with E-state index in [1.165, 1.54) is 0 Å². The average Bonchev–Trinajstić information content (AvgIpc) is 2.38. The Morgan fingerprint density at radius 3 is 2.56 bits per heavy atom. The Bertz CT molecular complexity index is 401. The van der Waals surface area contributed by atoms with Crippen LogP contribution >= 0.6 is 0 Å². The third kappa shape index (κ3) is 3.50. The van der Waals surface area contributed by atoms with Crippen molar-refractivity contribution in [2.45, 2.75) is 26.3 Å². The van der Waals surface area contributed by atoms with Crippen LogP contribution in [0, 0.1) is 0 Å². The molecule has 0 amide bonds. The third-order valence-corrected chi connectivity index (χ3v) is 2.84. The molecule has 1 aromatic carbocycles. The smallest absolute Gasteiger partial charge is 0.127 e. The van der Waals surface area contributed by atoms with Gasteiger partial charge in [-0.3, -0.25) is 0 Å². The molecule has 18 heavy (non-hydrogen) atoms. The highest BCUT2D eigenvalue weighted by Gasteiger charge is 2.16. The van der Waals surface area contributed by atoms with Crippen LogP contribution in [0.5, 0.6) is 11.5 Å². The van der Waals surface area contributed by atoms with Crippen LogP contribution in [0.15, 0.2) is 30.4 Å². The van der Waals surface area contributed by atoms with Crippen LogP contribution < -0.4 is 14.8 Å². The quantitative estimate of drug-likeness (QED) is 0.752. The van der Waals surface area contributed by atoms with Gasteiger partial charge in [0.25, 0.3) is 0 Å². The summed E-state index contributed by atoms with van der Waals surface area (Å²) in [6, 6.07) is 5.99. The van der Waals surface area contributed by atoms with Gasteiger partial charge in [0.15, 0.2) is 0 Å². The molecule has 0 aliphatic rings. The van der Waals surface area contributed by atoms with Crippen molar-refractivity contribution in [1.29, 1.82) is 0 Å². The molecule has 1 aromatic rings. The van der Waals surface area contributed by atoms with Gasteiger partial charge in [0.1, 0.15) is 11.5 Å². The van der Waals surface area contributed by atoms with Crippen molar-refractivity contribution in [3.05, 3.63) is 35.9 Å². The SMILES string of the molecule is C=C(C)C(NCCC)c1ccc(OC)cc1OC. The maximum absolute atomic E-state index is 5.44. The van der Waals surface area contributed by atoms with E-state index in [-0.39, 0.29) is 6.04 Å². The van der Waals surface area contributed by atoms with Crippen LogP contribution in [-0.4, -0.2) is 20.8 Å². The fourth-order valence-electron chi connectivity index (χ4n) is 1.90. The first-order chi connectivity index (χ1) is 8.63. The largest absolute Gasteiger partial charge is 0.497 e. The lowest BCUT2D eigenvalue weighted by Crippen LogP contribution is -2.23. The lowest BCUT2D eigenvalue weighted by molar-refractivity contribution is 0.387. The molecule has 0 aliphatic carbocycles. The molecule has 0 saturated carbocycles. The van der Waals surface area contributed by atoms with E-state index in [1.54, 1.807) is 14.2 Å². The first kappa shape index (κ1) is 14.6. The molecule has 0 aromatic heterocycles. The second-order valence-corrected chi connectivity index (χ2v) is 4.34. The van der Waals surface area contributed by atoms with E-state index in [4.69, 9.17) is 9.47 Å². The number of benzene rings is 1. The van der Waals surface area contributed by atoms with Crippen LogP contribution in [0.4, 0.5) is 0 Å². The normalized spacial score (nSPS) is 12.0. The van der Waals surface area contributed by atoms with Crippen molar-refractivity contribution in [3.8, 4) is 11.5 Å². The Morgan fingerprint density at radius 2 is 2.06 bits per heavy atom. The molecule has 3 nitrogen and oxygen atoms in total. The minimum Gasteiger partial charge on any atom is -0.497 e. The van der Waals surface area contributed by atoms with Crippen molar-refractivity contribution in [2.24, 2.45) is 0 Å². The first-order valence-electron chi connectivity index (χ1n) is 6.24. The van der Waals surface area contributed by atoms with Gasteiger partial charge >= 0.3 is 0 Å². The summed E-state index contributed by atoms with van der Waals surface area (Å²) in [4.78, 5) is 0. The van der Waals surface area contributed by atoms with Gasteiger partial charge in [-0.1, -0.05) is 19.1 Å². The molecule has 1 unspecified atom stereocenters. The zero-order valence-corrected chi connectivity index (χ0v) is 11.7. The van der Waals surface area contributed by atoms with Gasteiger partial charge in [-0.05, 0) is 32.0 Å². The first-order valence-corrected chi connectivity index (χ1v) is 6.24. The van der Waals surface area contributed by atoms with Crippen LogP contribution in [0.25, 0.3) is 0 Å². The second-order valence-electron chi connectivity index (χ2n) is 4.34. The molecule has 100 valence electrons. The zero-order chi connectivity index (χ0) is 13.5. The van der Waals surface area contributed by atoms with Crippen LogP contribution in [0.3, 0.4) is 0 Å². The number of methoxy groups -OCH3 is 2. The molecule has 1 N–H and O–H groups in total. The van der Waals surface area contributed by atoms with Gasteiger partial charge < -0.3 is 14.8 Å². The average molecular weight is 249 g/mol. The summed E-state index contributed by atoms with van der Waals surface area (Å²) in [5.74, 6) is 1.62. The van der Waals surface area contributed by atoms with Crippen molar-refractivity contribution >= 4 is 0 Å². The summed E-state index contributed by atoms with van der Waals surface area (Å²) in [6.07, 6.45) is 1.09. The summed E-state index contributed by atoms with van der Waals surface area (Å²) in [7, 11) is 3.33. The van der Waals surface area contributed by atoms with E-state index in [1.807, 2.05) is 25.1 Å². The maximum atomic E-state index is 5.44. The van der Waals surface area contributed by atoms with Crippen LogP contribution in [0.2, 0.25) is 0 Å². The Kier molecular flexibility index (Phi) is 5.72. The highest BCUT2D eigenvalue weighted by Crippen LogP contribution is 2.32. The summed E-state index contributed by atoms with van der Waals surface area (Å²) in [5.41, 5.74) is 2.17. The van der Waals surface area contributed by atoms with Gasteiger partial charge in [-0.15, -0.1) is 0 Å². The number of nitrogens with one attached hydrogen (secondary N) is 1. The fourth-order valence-corrected chi connectivity index (χ4v) is 1.90. The minimum absolute atomic E-state index is 0.116. The summed E-state index contributed by atoms with van der Waals surface area (Å²) in [5, 5.41) is 3.48. The molecule has 1 atom stereocenters. The molecule has 3 heteroatoms. The molecule has 0 aliphatic heterocycles. The lowest BCUT2D eigenvalue weighted by atomic mass is 9.99. The second kappa shape index (κ2) is 7.07. The number of hydrogen-bond donors (Lipinski definition) is 1. The molecule has 0 fully saturated rings. The number of ether oxygens (including phenoxy) is 2. The molecule has 0 heterocycles. The van der Waals surface area contributed by atoms with Crippen molar-refractivity contribution in [2.75, 3.05) is 20.8 Å². The van der Waals surface area contributed by atoms with E-state index in [0.29, 0.717) is 0 Å². The molecular weight excluding hydrogens is 226 g/mol. The Hall–Kier alpha value is -1.48. The van der Waals surface area contributed by atoms with Gasteiger partial charge in [0.05, 0.1) is 20.3 Å².